The second kappa shape index (κ2) is 5.76. The van der Waals surface area contributed by atoms with Crippen LogP contribution in [0.2, 0.25) is 0 Å². The van der Waals surface area contributed by atoms with Crippen LogP contribution in [0.4, 0.5) is 4.39 Å². The second-order valence-corrected chi connectivity index (χ2v) is 6.44. The lowest BCUT2D eigenvalue weighted by atomic mass is 9.71. The van der Waals surface area contributed by atoms with Gasteiger partial charge in [0.1, 0.15) is 5.82 Å². The van der Waals surface area contributed by atoms with Crippen molar-refractivity contribution in [1.82, 2.24) is 4.90 Å². The molecule has 1 N–H and O–H groups in total. The van der Waals surface area contributed by atoms with E-state index in [1.54, 1.807) is 12.1 Å². The highest BCUT2D eigenvalue weighted by molar-refractivity contribution is 5.78. The van der Waals surface area contributed by atoms with E-state index in [-0.39, 0.29) is 17.6 Å². The third-order valence-electron chi connectivity index (χ3n) is 5.05. The van der Waals surface area contributed by atoms with Crippen molar-refractivity contribution >= 4 is 5.91 Å². The van der Waals surface area contributed by atoms with E-state index in [0.717, 1.165) is 31.2 Å². The smallest absolute Gasteiger partial charge is 0.227 e. The highest BCUT2D eigenvalue weighted by atomic mass is 19.1. The standard InChI is InChI=1S/C17H22FNO2/c18-15-6-4-13(5-7-15)11-16(20)19-10-9-17(21)8-2-1-3-14(17)12-19/h4-7,14,21H,1-3,8-12H2. The Morgan fingerprint density at radius 3 is 2.81 bits per heavy atom. The molecule has 1 aliphatic carbocycles. The summed E-state index contributed by atoms with van der Waals surface area (Å²) in [5, 5.41) is 10.6. The number of fused-ring (bicyclic) bond motifs is 1. The molecule has 1 heterocycles. The molecule has 2 aliphatic rings. The molecular formula is C17H22FNO2. The number of amides is 1. The number of nitrogens with zero attached hydrogens (tertiary/aromatic N) is 1. The average molecular weight is 291 g/mol. The van der Waals surface area contributed by atoms with Gasteiger partial charge in [0.15, 0.2) is 0 Å². The Balaban J connectivity index is 1.62. The van der Waals surface area contributed by atoms with Crippen LogP contribution >= 0.6 is 0 Å². The van der Waals surface area contributed by atoms with Crippen molar-refractivity contribution in [1.29, 1.82) is 0 Å². The van der Waals surface area contributed by atoms with Gasteiger partial charge in [0.25, 0.3) is 0 Å². The number of likely N-dealkylation sites (tertiary alicyclic amines) is 1. The molecule has 21 heavy (non-hydrogen) atoms. The van der Waals surface area contributed by atoms with Crippen molar-refractivity contribution in [2.75, 3.05) is 13.1 Å². The van der Waals surface area contributed by atoms with Gasteiger partial charge in [-0.15, -0.1) is 0 Å². The lowest BCUT2D eigenvalue weighted by Crippen LogP contribution is -2.54. The molecule has 1 aromatic carbocycles. The van der Waals surface area contributed by atoms with Crippen LogP contribution in [-0.2, 0) is 11.2 Å². The Kier molecular flexibility index (Phi) is 3.98. The van der Waals surface area contributed by atoms with Gasteiger partial charge in [-0.2, -0.15) is 0 Å². The Bertz CT molecular complexity index is 516. The van der Waals surface area contributed by atoms with E-state index in [1.165, 1.54) is 12.1 Å². The summed E-state index contributed by atoms with van der Waals surface area (Å²) in [5.74, 6) is 0.0165. The predicted octanol–water partition coefficient (Wildman–Crippen LogP) is 2.52. The van der Waals surface area contributed by atoms with E-state index in [4.69, 9.17) is 0 Å². The molecule has 2 unspecified atom stereocenters. The normalized spacial score (nSPS) is 29.0. The molecule has 1 aromatic rings. The molecule has 2 fully saturated rings. The van der Waals surface area contributed by atoms with Crippen LogP contribution in [0.3, 0.4) is 0 Å². The van der Waals surface area contributed by atoms with E-state index >= 15 is 0 Å². The summed E-state index contributed by atoms with van der Waals surface area (Å²) >= 11 is 0. The van der Waals surface area contributed by atoms with Crippen molar-refractivity contribution in [3.8, 4) is 0 Å². The zero-order chi connectivity index (χ0) is 14.9. The van der Waals surface area contributed by atoms with E-state index in [9.17, 15) is 14.3 Å². The Hall–Kier alpha value is -1.42. The van der Waals surface area contributed by atoms with Crippen LogP contribution in [0.25, 0.3) is 0 Å². The fourth-order valence-electron chi connectivity index (χ4n) is 3.69. The molecule has 1 aliphatic heterocycles. The Morgan fingerprint density at radius 2 is 2.05 bits per heavy atom. The van der Waals surface area contributed by atoms with Crippen LogP contribution in [0, 0.1) is 11.7 Å². The number of benzene rings is 1. The van der Waals surface area contributed by atoms with Gasteiger partial charge in [-0.25, -0.2) is 4.39 Å². The van der Waals surface area contributed by atoms with Gasteiger partial charge in [-0.05, 0) is 37.0 Å². The molecule has 3 rings (SSSR count). The third-order valence-corrected chi connectivity index (χ3v) is 5.05. The third kappa shape index (κ3) is 3.10. The highest BCUT2D eigenvalue weighted by Crippen LogP contribution is 2.39. The SMILES string of the molecule is O=C(Cc1ccc(F)cc1)N1CCC2(O)CCCCC2C1. The van der Waals surface area contributed by atoms with Crippen molar-refractivity contribution in [3.63, 3.8) is 0 Å². The van der Waals surface area contributed by atoms with Crippen molar-refractivity contribution < 1.29 is 14.3 Å². The minimum absolute atomic E-state index is 0.0780. The molecule has 0 aromatic heterocycles. The zero-order valence-electron chi connectivity index (χ0n) is 12.2. The van der Waals surface area contributed by atoms with Crippen molar-refractivity contribution in [2.24, 2.45) is 5.92 Å². The summed E-state index contributed by atoms with van der Waals surface area (Å²) in [7, 11) is 0. The van der Waals surface area contributed by atoms with Crippen molar-refractivity contribution in [2.45, 2.75) is 44.1 Å². The summed E-state index contributed by atoms with van der Waals surface area (Å²) in [6, 6.07) is 6.10. The Labute approximate surface area is 124 Å². The maximum Gasteiger partial charge on any atom is 0.227 e. The molecular weight excluding hydrogens is 269 g/mol. The van der Waals surface area contributed by atoms with Gasteiger partial charge < -0.3 is 10.0 Å². The van der Waals surface area contributed by atoms with Gasteiger partial charge in [0.05, 0.1) is 12.0 Å². The number of rotatable bonds is 2. The van der Waals surface area contributed by atoms with Crippen LogP contribution in [0.5, 0.6) is 0 Å². The van der Waals surface area contributed by atoms with Gasteiger partial charge in [-0.1, -0.05) is 25.0 Å². The van der Waals surface area contributed by atoms with Gasteiger partial charge >= 0.3 is 0 Å². The molecule has 4 heteroatoms. The van der Waals surface area contributed by atoms with Crippen LogP contribution in [0.15, 0.2) is 24.3 Å². The summed E-state index contributed by atoms with van der Waals surface area (Å²) in [4.78, 5) is 14.3. The highest BCUT2D eigenvalue weighted by Gasteiger charge is 2.43. The molecule has 3 nitrogen and oxygen atoms in total. The van der Waals surface area contributed by atoms with E-state index in [1.807, 2.05) is 4.90 Å². The van der Waals surface area contributed by atoms with Crippen LogP contribution in [0.1, 0.15) is 37.7 Å². The molecule has 0 spiro atoms. The van der Waals surface area contributed by atoms with Gasteiger partial charge in [0.2, 0.25) is 5.91 Å². The fourth-order valence-corrected chi connectivity index (χ4v) is 3.69. The number of carbonyl (C=O) groups is 1. The summed E-state index contributed by atoms with van der Waals surface area (Å²) in [6.45, 7) is 1.30. The van der Waals surface area contributed by atoms with Gasteiger partial charge in [0, 0.05) is 19.0 Å². The second-order valence-electron chi connectivity index (χ2n) is 6.44. The number of aliphatic hydroxyl groups is 1. The molecule has 0 bridgehead atoms. The number of hydrogen-bond acceptors (Lipinski definition) is 2. The van der Waals surface area contributed by atoms with Gasteiger partial charge in [-0.3, -0.25) is 4.79 Å². The first-order valence-corrected chi connectivity index (χ1v) is 7.81. The summed E-state index contributed by atoms with van der Waals surface area (Å²) in [5.41, 5.74) is 0.288. The monoisotopic (exact) mass is 291 g/mol. The molecule has 2 atom stereocenters. The van der Waals surface area contributed by atoms with Crippen molar-refractivity contribution in [3.05, 3.63) is 35.6 Å². The molecule has 0 radical (unpaired) electrons. The summed E-state index contributed by atoms with van der Waals surface area (Å²) < 4.78 is 12.9. The maximum absolute atomic E-state index is 12.9. The number of hydrogen-bond donors (Lipinski definition) is 1. The van der Waals surface area contributed by atoms with E-state index in [2.05, 4.69) is 0 Å². The number of piperidine rings is 1. The lowest BCUT2D eigenvalue weighted by molar-refractivity contribution is -0.142. The first-order chi connectivity index (χ1) is 10.1. The first-order valence-electron chi connectivity index (χ1n) is 7.81. The largest absolute Gasteiger partial charge is 0.389 e. The maximum atomic E-state index is 12.9. The number of carbonyl (C=O) groups excluding carboxylic acids is 1. The first kappa shape index (κ1) is 14.5. The molecule has 1 saturated carbocycles. The topological polar surface area (TPSA) is 40.5 Å². The summed E-state index contributed by atoms with van der Waals surface area (Å²) in [6.07, 6.45) is 5.12. The van der Waals surface area contributed by atoms with Crippen LogP contribution in [-0.4, -0.2) is 34.6 Å². The zero-order valence-corrected chi connectivity index (χ0v) is 12.2. The minimum Gasteiger partial charge on any atom is -0.389 e. The fraction of sp³-hybridized carbons (Fsp3) is 0.588. The Morgan fingerprint density at radius 1 is 1.29 bits per heavy atom. The quantitative estimate of drug-likeness (QED) is 0.909. The van der Waals surface area contributed by atoms with Crippen LogP contribution < -0.4 is 0 Å². The minimum atomic E-state index is -0.551. The average Bonchev–Trinajstić information content (AvgIpc) is 2.48. The lowest BCUT2D eigenvalue weighted by Gasteiger charge is -2.47. The number of halogens is 1. The molecule has 114 valence electrons. The molecule has 1 saturated heterocycles. The van der Waals surface area contributed by atoms with E-state index < -0.39 is 5.60 Å². The van der Waals surface area contributed by atoms with E-state index in [0.29, 0.717) is 25.9 Å². The predicted molar refractivity (Wildman–Crippen MR) is 78.2 cm³/mol. The molecule has 1 amide bonds.